The molecule has 1 radical (unpaired) electrons. The molecule has 0 saturated heterocycles. The molecule has 0 bridgehead atoms. The van der Waals surface area contributed by atoms with Crippen LogP contribution in [0.15, 0.2) is 77.3 Å². The molecule has 131 valence electrons. The van der Waals surface area contributed by atoms with Gasteiger partial charge >= 0.3 is 0 Å². The first-order chi connectivity index (χ1) is 12.6. The normalized spacial score (nSPS) is 19.7. The van der Waals surface area contributed by atoms with E-state index in [0.29, 0.717) is 0 Å². The maximum Gasteiger partial charge on any atom is 0.137 e. The van der Waals surface area contributed by atoms with Crippen LogP contribution in [0.4, 0.5) is 0 Å². The summed E-state index contributed by atoms with van der Waals surface area (Å²) in [5.74, 6) is 0. The third-order valence-electron chi connectivity index (χ3n) is 4.95. The maximum atomic E-state index is 10.6. The van der Waals surface area contributed by atoms with Crippen LogP contribution in [0.5, 0.6) is 0 Å². The van der Waals surface area contributed by atoms with E-state index in [9.17, 15) is 10.2 Å². The second-order valence-corrected chi connectivity index (χ2v) is 7.37. The van der Waals surface area contributed by atoms with Crippen LogP contribution in [0.1, 0.15) is 36.1 Å². The highest BCUT2D eigenvalue weighted by atomic mass is 79.9. The van der Waals surface area contributed by atoms with Crippen LogP contribution in [-0.2, 0) is 0 Å². The van der Waals surface area contributed by atoms with Gasteiger partial charge in [-0.2, -0.15) is 0 Å². The topological polar surface area (TPSA) is 43.7 Å². The molecule has 4 heteroatoms. The van der Waals surface area contributed by atoms with Crippen LogP contribution in [-0.4, -0.2) is 15.1 Å². The van der Waals surface area contributed by atoms with Crippen molar-refractivity contribution < 1.29 is 10.2 Å². The minimum Gasteiger partial charge on any atom is -0.374 e. The molecule has 0 aliphatic carbocycles. The highest BCUT2D eigenvalue weighted by Crippen LogP contribution is 2.44. The van der Waals surface area contributed by atoms with Crippen molar-refractivity contribution in [1.82, 2.24) is 4.90 Å². The highest BCUT2D eigenvalue weighted by molar-refractivity contribution is 9.10. The predicted molar refractivity (Wildman–Crippen MR) is 106 cm³/mol. The smallest absolute Gasteiger partial charge is 0.137 e. The molecule has 0 fully saturated rings. The van der Waals surface area contributed by atoms with Gasteiger partial charge in [0.25, 0.3) is 0 Å². The lowest BCUT2D eigenvalue weighted by molar-refractivity contribution is -0.0736. The average molecular weight is 409 g/mol. The van der Waals surface area contributed by atoms with Crippen LogP contribution >= 0.6 is 15.9 Å². The molecule has 2 unspecified atom stereocenters. The Labute approximate surface area is 161 Å². The molecular formula is C22H19BrNO2. The Morgan fingerprint density at radius 2 is 1.23 bits per heavy atom. The van der Waals surface area contributed by atoms with E-state index in [2.05, 4.69) is 40.2 Å². The molecular weight excluding hydrogens is 390 g/mol. The van der Waals surface area contributed by atoms with Gasteiger partial charge < -0.3 is 10.2 Å². The standard InChI is InChI=1S/C22H19BrNO2/c1-14(24-21(25)19-4-2-3-5-20(19)22(24)26)15-6-8-16(9-7-15)17-10-12-18(23)13-11-17/h2-13,21-22,25-26H,1H3. The van der Waals surface area contributed by atoms with Crippen molar-refractivity contribution >= 4 is 15.9 Å². The molecule has 2 atom stereocenters. The number of aliphatic hydroxyl groups excluding tert-OH is 2. The number of nitrogens with zero attached hydrogens (tertiary/aromatic N) is 1. The van der Waals surface area contributed by atoms with E-state index in [0.717, 1.165) is 38.3 Å². The Hall–Kier alpha value is -1.98. The van der Waals surface area contributed by atoms with E-state index in [1.165, 1.54) is 0 Å². The first-order valence-electron chi connectivity index (χ1n) is 8.49. The third kappa shape index (κ3) is 2.99. The Balaban J connectivity index is 1.59. The first kappa shape index (κ1) is 17.4. The summed E-state index contributed by atoms with van der Waals surface area (Å²) < 4.78 is 1.05. The largest absolute Gasteiger partial charge is 0.374 e. The number of benzene rings is 3. The van der Waals surface area contributed by atoms with Gasteiger partial charge in [0.1, 0.15) is 12.5 Å². The summed E-state index contributed by atoms with van der Waals surface area (Å²) >= 11 is 3.45. The van der Waals surface area contributed by atoms with Crippen LogP contribution < -0.4 is 0 Å². The number of halogens is 1. The lowest BCUT2D eigenvalue weighted by Gasteiger charge is -2.30. The Kier molecular flexibility index (Phi) is 4.67. The molecule has 0 amide bonds. The molecule has 2 N–H and O–H groups in total. The van der Waals surface area contributed by atoms with E-state index in [-0.39, 0.29) is 0 Å². The minimum absolute atomic E-state index is 0.755. The maximum absolute atomic E-state index is 10.6. The quantitative estimate of drug-likeness (QED) is 0.639. The van der Waals surface area contributed by atoms with Crippen molar-refractivity contribution in [3.8, 4) is 11.1 Å². The van der Waals surface area contributed by atoms with E-state index in [1.54, 1.807) is 4.90 Å². The summed E-state index contributed by atoms with van der Waals surface area (Å²) in [7, 11) is 0. The molecule has 3 aromatic rings. The van der Waals surface area contributed by atoms with Crippen molar-refractivity contribution in [2.75, 3.05) is 0 Å². The summed E-state index contributed by atoms with van der Waals surface area (Å²) in [5, 5.41) is 21.3. The molecule has 1 aliphatic rings. The fourth-order valence-corrected chi connectivity index (χ4v) is 3.74. The summed E-state index contributed by atoms with van der Waals surface area (Å²) in [4.78, 5) is 1.65. The van der Waals surface area contributed by atoms with Crippen LogP contribution in [0.3, 0.4) is 0 Å². The zero-order chi connectivity index (χ0) is 18.3. The lowest BCUT2D eigenvalue weighted by Crippen LogP contribution is -2.29. The third-order valence-corrected chi connectivity index (χ3v) is 5.48. The highest BCUT2D eigenvalue weighted by Gasteiger charge is 2.39. The number of rotatable bonds is 3. The van der Waals surface area contributed by atoms with E-state index < -0.39 is 12.5 Å². The number of hydrogen-bond acceptors (Lipinski definition) is 3. The Morgan fingerprint density at radius 1 is 0.769 bits per heavy atom. The second-order valence-electron chi connectivity index (χ2n) is 6.45. The van der Waals surface area contributed by atoms with Gasteiger partial charge in [0.2, 0.25) is 0 Å². The van der Waals surface area contributed by atoms with Crippen molar-refractivity contribution in [2.45, 2.75) is 19.4 Å². The summed E-state index contributed by atoms with van der Waals surface area (Å²) in [5.41, 5.74) is 4.75. The van der Waals surface area contributed by atoms with E-state index in [4.69, 9.17) is 0 Å². The summed E-state index contributed by atoms with van der Waals surface area (Å²) in [6, 6.07) is 24.6. The first-order valence-corrected chi connectivity index (χ1v) is 9.29. The number of fused-ring (bicyclic) bond motifs is 1. The van der Waals surface area contributed by atoms with Crippen LogP contribution in [0, 0.1) is 6.04 Å². The molecule has 26 heavy (non-hydrogen) atoms. The SMILES string of the molecule is C[C](c1ccc(-c2ccc(Br)cc2)cc1)N1C(O)c2ccccc2C1O. The van der Waals surface area contributed by atoms with Gasteiger partial charge in [-0.1, -0.05) is 76.6 Å². The van der Waals surface area contributed by atoms with Gasteiger partial charge in [0.15, 0.2) is 0 Å². The van der Waals surface area contributed by atoms with E-state index >= 15 is 0 Å². The summed E-state index contributed by atoms with van der Waals surface area (Å²) in [6.07, 6.45) is -1.68. The molecule has 4 rings (SSSR count). The lowest BCUT2D eigenvalue weighted by atomic mass is 10.0. The monoisotopic (exact) mass is 408 g/mol. The minimum atomic E-state index is -0.840. The van der Waals surface area contributed by atoms with E-state index in [1.807, 2.05) is 55.5 Å². The summed E-state index contributed by atoms with van der Waals surface area (Å²) in [6.45, 7) is 1.92. The molecule has 1 aliphatic heterocycles. The Bertz CT molecular complexity index is 879. The van der Waals surface area contributed by atoms with Gasteiger partial charge in [-0.15, -0.1) is 0 Å². The zero-order valence-corrected chi connectivity index (χ0v) is 15.9. The molecule has 0 saturated carbocycles. The fourth-order valence-electron chi connectivity index (χ4n) is 3.48. The van der Waals surface area contributed by atoms with Gasteiger partial charge in [-0.25, -0.2) is 4.90 Å². The average Bonchev–Trinajstić information content (AvgIpc) is 2.93. The van der Waals surface area contributed by atoms with Gasteiger partial charge in [-0.3, -0.25) is 0 Å². The van der Waals surface area contributed by atoms with Crippen LogP contribution in [0.2, 0.25) is 0 Å². The predicted octanol–water partition coefficient (Wildman–Crippen LogP) is 5.01. The van der Waals surface area contributed by atoms with Gasteiger partial charge in [0, 0.05) is 15.6 Å². The molecule has 3 nitrogen and oxygen atoms in total. The molecule has 0 aromatic heterocycles. The van der Waals surface area contributed by atoms with Crippen molar-refractivity contribution in [1.29, 1.82) is 0 Å². The van der Waals surface area contributed by atoms with Crippen LogP contribution in [0.25, 0.3) is 11.1 Å². The van der Waals surface area contributed by atoms with Gasteiger partial charge in [0.05, 0.1) is 6.04 Å². The van der Waals surface area contributed by atoms with Gasteiger partial charge in [-0.05, 0) is 35.7 Å². The van der Waals surface area contributed by atoms with Crippen molar-refractivity contribution in [3.63, 3.8) is 0 Å². The second kappa shape index (κ2) is 6.97. The zero-order valence-electron chi connectivity index (χ0n) is 14.3. The number of hydrogen-bond donors (Lipinski definition) is 2. The molecule has 3 aromatic carbocycles. The number of aliphatic hydroxyl groups is 2. The van der Waals surface area contributed by atoms with Crippen molar-refractivity contribution in [3.05, 3.63) is 100 Å². The van der Waals surface area contributed by atoms with Crippen molar-refractivity contribution in [2.24, 2.45) is 0 Å². The Morgan fingerprint density at radius 3 is 1.73 bits per heavy atom. The molecule has 0 spiro atoms. The molecule has 1 heterocycles. The fraction of sp³-hybridized carbons (Fsp3) is 0.136.